The highest BCUT2D eigenvalue weighted by molar-refractivity contribution is 14.1. The maximum atomic E-state index is 5.31. The van der Waals surface area contributed by atoms with E-state index in [1.54, 1.807) is 13.4 Å². The molecule has 0 saturated carbocycles. The van der Waals surface area contributed by atoms with Gasteiger partial charge < -0.3 is 9.47 Å². The van der Waals surface area contributed by atoms with Gasteiger partial charge in [-0.05, 0) is 6.42 Å². The smallest absolute Gasteiger partial charge is 0.211 e. The molecule has 0 aromatic carbocycles. The van der Waals surface area contributed by atoms with Crippen LogP contribution in [-0.2, 0) is 16.0 Å². The Hall–Kier alpha value is -0.210. The summed E-state index contributed by atoms with van der Waals surface area (Å²) in [5.74, 6) is 0. The van der Waals surface area contributed by atoms with Crippen molar-refractivity contribution in [1.82, 2.24) is 14.8 Å². The average Bonchev–Trinajstić information content (AvgIpc) is 2.58. The number of hydrogen-bond donors (Lipinski definition) is 0. The third-order valence-corrected chi connectivity index (χ3v) is 2.11. The Balaban J connectivity index is 1.99. The van der Waals surface area contributed by atoms with Crippen LogP contribution >= 0.6 is 22.6 Å². The predicted octanol–water partition coefficient (Wildman–Crippen LogP) is 0.936. The lowest BCUT2D eigenvalue weighted by Crippen LogP contribution is -2.06. The molecule has 6 heteroatoms. The molecule has 5 nitrogen and oxygen atoms in total. The third kappa shape index (κ3) is 4.87. The molecule has 0 aliphatic carbocycles. The van der Waals surface area contributed by atoms with Gasteiger partial charge in [0.1, 0.15) is 6.33 Å². The van der Waals surface area contributed by atoms with Gasteiger partial charge in [0.2, 0.25) is 3.83 Å². The van der Waals surface area contributed by atoms with Crippen molar-refractivity contribution >= 4 is 22.6 Å². The fourth-order valence-electron chi connectivity index (χ4n) is 0.953. The van der Waals surface area contributed by atoms with Crippen LogP contribution in [0.2, 0.25) is 0 Å². The maximum absolute atomic E-state index is 5.31. The van der Waals surface area contributed by atoms with Crippen LogP contribution in [0, 0.1) is 3.83 Å². The molecule has 0 aliphatic heterocycles. The molecule has 80 valence electrons. The second-order valence-electron chi connectivity index (χ2n) is 2.74. The Morgan fingerprint density at radius 1 is 1.43 bits per heavy atom. The van der Waals surface area contributed by atoms with Crippen LogP contribution in [-0.4, -0.2) is 41.7 Å². The summed E-state index contributed by atoms with van der Waals surface area (Å²) in [5, 5.41) is 4.16. The van der Waals surface area contributed by atoms with Crippen LogP contribution in [0.3, 0.4) is 0 Å². The van der Waals surface area contributed by atoms with E-state index < -0.39 is 0 Å². The minimum atomic E-state index is 0.654. The van der Waals surface area contributed by atoms with Crippen LogP contribution in [0.4, 0.5) is 0 Å². The van der Waals surface area contributed by atoms with Gasteiger partial charge in [0, 0.05) is 42.9 Å². The molecule has 0 atom stereocenters. The largest absolute Gasteiger partial charge is 0.382 e. The molecule has 0 N–H and O–H groups in total. The molecule has 1 aromatic heterocycles. The fraction of sp³-hybridized carbons (Fsp3) is 0.750. The summed E-state index contributed by atoms with van der Waals surface area (Å²) in [6.07, 6.45) is 2.68. The number of aromatic nitrogens is 3. The third-order valence-electron chi connectivity index (χ3n) is 1.62. The molecule has 0 unspecified atom stereocenters. The molecule has 0 bridgehead atoms. The topological polar surface area (TPSA) is 49.2 Å². The van der Waals surface area contributed by atoms with Gasteiger partial charge in [0.15, 0.2) is 0 Å². The van der Waals surface area contributed by atoms with Crippen LogP contribution in [0.5, 0.6) is 0 Å². The van der Waals surface area contributed by atoms with Crippen molar-refractivity contribution in [2.75, 3.05) is 26.9 Å². The standard InChI is InChI=1S/C8H14IN3O2/c1-13-5-6-14-4-2-3-12-7-10-8(9)11-12/h7H,2-6H2,1H3. The molecule has 0 fully saturated rings. The van der Waals surface area contributed by atoms with E-state index in [0.29, 0.717) is 13.2 Å². The predicted molar refractivity (Wildman–Crippen MR) is 60.1 cm³/mol. The lowest BCUT2D eigenvalue weighted by Gasteiger charge is -2.02. The molecule has 0 spiro atoms. The van der Waals surface area contributed by atoms with Crippen molar-refractivity contribution in [1.29, 1.82) is 0 Å². The number of halogens is 1. The van der Waals surface area contributed by atoms with E-state index in [1.807, 2.05) is 4.68 Å². The van der Waals surface area contributed by atoms with Crippen LogP contribution < -0.4 is 0 Å². The van der Waals surface area contributed by atoms with E-state index in [-0.39, 0.29) is 0 Å². The molecule has 1 aromatic rings. The molecule has 1 heterocycles. The summed E-state index contributed by atoms with van der Waals surface area (Å²) in [6, 6.07) is 0. The summed E-state index contributed by atoms with van der Waals surface area (Å²) < 4.78 is 12.8. The Labute approximate surface area is 96.9 Å². The normalized spacial score (nSPS) is 10.7. The van der Waals surface area contributed by atoms with Gasteiger partial charge in [0.05, 0.1) is 13.2 Å². The molecule has 1 rings (SSSR count). The first-order chi connectivity index (χ1) is 6.83. The van der Waals surface area contributed by atoms with Crippen LogP contribution in [0.15, 0.2) is 6.33 Å². The fourth-order valence-corrected chi connectivity index (χ4v) is 1.35. The molecular weight excluding hydrogens is 297 g/mol. The van der Waals surface area contributed by atoms with Crippen molar-refractivity contribution in [3.8, 4) is 0 Å². The average molecular weight is 311 g/mol. The number of hydrogen-bond acceptors (Lipinski definition) is 4. The van der Waals surface area contributed by atoms with Gasteiger partial charge in [-0.25, -0.2) is 4.98 Å². The lowest BCUT2D eigenvalue weighted by atomic mass is 10.4. The minimum Gasteiger partial charge on any atom is -0.382 e. The molecule has 0 radical (unpaired) electrons. The summed E-state index contributed by atoms with van der Waals surface area (Å²) in [5.41, 5.74) is 0. The molecular formula is C8H14IN3O2. The molecule has 14 heavy (non-hydrogen) atoms. The van der Waals surface area contributed by atoms with Gasteiger partial charge in [-0.1, -0.05) is 0 Å². The molecule has 0 saturated heterocycles. The van der Waals surface area contributed by atoms with E-state index in [0.717, 1.165) is 23.4 Å². The molecule has 0 aliphatic rings. The van der Waals surface area contributed by atoms with Crippen molar-refractivity contribution in [2.24, 2.45) is 0 Å². The Morgan fingerprint density at radius 3 is 2.93 bits per heavy atom. The van der Waals surface area contributed by atoms with Crippen molar-refractivity contribution in [2.45, 2.75) is 13.0 Å². The van der Waals surface area contributed by atoms with E-state index in [4.69, 9.17) is 9.47 Å². The zero-order valence-electron chi connectivity index (χ0n) is 8.15. The Kier molecular flexibility index (Phi) is 6.04. The minimum absolute atomic E-state index is 0.654. The first-order valence-corrected chi connectivity index (χ1v) is 5.52. The van der Waals surface area contributed by atoms with Gasteiger partial charge in [-0.15, -0.1) is 5.10 Å². The van der Waals surface area contributed by atoms with E-state index in [1.165, 1.54) is 0 Å². The first-order valence-electron chi connectivity index (χ1n) is 4.44. The number of nitrogens with zero attached hydrogens (tertiary/aromatic N) is 3. The van der Waals surface area contributed by atoms with Crippen molar-refractivity contribution in [3.05, 3.63) is 10.2 Å². The van der Waals surface area contributed by atoms with Crippen molar-refractivity contribution in [3.63, 3.8) is 0 Å². The zero-order chi connectivity index (χ0) is 10.2. The summed E-state index contributed by atoms with van der Waals surface area (Å²) >= 11 is 2.09. The van der Waals surface area contributed by atoms with Crippen molar-refractivity contribution < 1.29 is 9.47 Å². The summed E-state index contributed by atoms with van der Waals surface area (Å²) in [4.78, 5) is 4.02. The zero-order valence-corrected chi connectivity index (χ0v) is 10.3. The van der Waals surface area contributed by atoms with E-state index in [2.05, 4.69) is 32.7 Å². The highest BCUT2D eigenvalue weighted by Gasteiger charge is 1.95. The van der Waals surface area contributed by atoms with Crippen LogP contribution in [0.25, 0.3) is 0 Å². The second kappa shape index (κ2) is 7.13. The quantitative estimate of drug-likeness (QED) is 0.555. The lowest BCUT2D eigenvalue weighted by molar-refractivity contribution is 0.0677. The van der Waals surface area contributed by atoms with E-state index in [9.17, 15) is 0 Å². The Morgan fingerprint density at radius 2 is 2.29 bits per heavy atom. The number of ether oxygens (including phenoxy) is 2. The Bertz CT molecular complexity index is 254. The number of methoxy groups -OCH3 is 1. The van der Waals surface area contributed by atoms with Gasteiger partial charge in [0.25, 0.3) is 0 Å². The molecule has 0 amide bonds. The maximum Gasteiger partial charge on any atom is 0.211 e. The SMILES string of the molecule is COCCOCCCn1cnc(I)n1. The van der Waals surface area contributed by atoms with E-state index >= 15 is 0 Å². The second-order valence-corrected chi connectivity index (χ2v) is 3.70. The van der Waals surface area contributed by atoms with Crippen LogP contribution in [0.1, 0.15) is 6.42 Å². The van der Waals surface area contributed by atoms with Gasteiger partial charge in [-0.2, -0.15) is 0 Å². The highest BCUT2D eigenvalue weighted by atomic mass is 127. The monoisotopic (exact) mass is 311 g/mol. The first kappa shape index (κ1) is 11.9. The number of aryl methyl sites for hydroxylation is 1. The number of rotatable bonds is 7. The summed E-state index contributed by atoms with van der Waals surface area (Å²) in [7, 11) is 1.67. The van der Waals surface area contributed by atoms with Gasteiger partial charge >= 0.3 is 0 Å². The summed E-state index contributed by atoms with van der Waals surface area (Å²) in [6.45, 7) is 2.90. The highest BCUT2D eigenvalue weighted by Crippen LogP contribution is 1.95. The van der Waals surface area contributed by atoms with Gasteiger partial charge in [-0.3, -0.25) is 4.68 Å².